The van der Waals surface area contributed by atoms with Crippen LogP contribution in [0.5, 0.6) is 0 Å². The normalized spacial score (nSPS) is 11.1. The monoisotopic (exact) mass is 427 g/mol. The fourth-order valence-electron chi connectivity index (χ4n) is 3.60. The number of aromatic amines is 1. The van der Waals surface area contributed by atoms with Crippen molar-refractivity contribution < 1.29 is 0 Å². The number of rotatable bonds is 3. The molecule has 0 atom stereocenters. The lowest BCUT2D eigenvalue weighted by atomic mass is 10.0. The minimum atomic E-state index is 0.510. The average molecular weight is 428 g/mol. The van der Waals surface area contributed by atoms with Crippen molar-refractivity contribution in [1.82, 2.24) is 14.4 Å². The first-order chi connectivity index (χ1) is 14.6. The molecule has 0 aliphatic heterocycles. The Morgan fingerprint density at radius 3 is 2.27 bits per heavy atom. The zero-order valence-corrected chi connectivity index (χ0v) is 17.8. The van der Waals surface area contributed by atoms with Crippen molar-refractivity contribution in [3.63, 3.8) is 0 Å². The third-order valence-electron chi connectivity index (χ3n) is 5.30. The zero-order valence-electron chi connectivity index (χ0n) is 16.3. The van der Waals surface area contributed by atoms with E-state index >= 15 is 0 Å². The van der Waals surface area contributed by atoms with Crippen molar-refractivity contribution in [3.05, 3.63) is 101 Å². The Labute approximate surface area is 184 Å². The molecule has 0 fully saturated rings. The van der Waals surface area contributed by atoms with Gasteiger partial charge in [-0.25, -0.2) is 4.98 Å². The van der Waals surface area contributed by atoms with E-state index in [9.17, 15) is 0 Å². The van der Waals surface area contributed by atoms with Crippen LogP contribution in [-0.4, -0.2) is 14.4 Å². The Bertz CT molecular complexity index is 1420. The summed E-state index contributed by atoms with van der Waals surface area (Å²) in [5.41, 5.74) is 8.35. The maximum atomic E-state index is 6.35. The van der Waals surface area contributed by atoms with Crippen LogP contribution >= 0.6 is 23.8 Å². The molecule has 0 aliphatic rings. The van der Waals surface area contributed by atoms with Crippen LogP contribution in [0.4, 0.5) is 0 Å². The smallest absolute Gasteiger partial charge is 0.205 e. The van der Waals surface area contributed by atoms with Gasteiger partial charge in [-0.3, -0.25) is 4.40 Å². The van der Waals surface area contributed by atoms with E-state index in [2.05, 4.69) is 64.6 Å². The maximum Gasteiger partial charge on any atom is 0.205 e. The molecule has 0 saturated heterocycles. The molecule has 5 aromatic rings. The van der Waals surface area contributed by atoms with Gasteiger partial charge in [0.05, 0.1) is 5.69 Å². The number of halogens is 1. The van der Waals surface area contributed by atoms with Crippen molar-refractivity contribution in [1.29, 1.82) is 0 Å². The lowest BCUT2D eigenvalue weighted by molar-refractivity contribution is 1.06. The van der Waals surface area contributed by atoms with Crippen molar-refractivity contribution in [2.45, 2.75) is 6.92 Å². The third-order valence-corrected chi connectivity index (χ3v) is 6.01. The highest BCUT2D eigenvalue weighted by Gasteiger charge is 2.11. The predicted octanol–water partition coefficient (Wildman–Crippen LogP) is 7.35. The Hall–Kier alpha value is -3.21. The fraction of sp³-hybridized carbons (Fsp3) is 0.0400. The molecule has 0 bridgehead atoms. The van der Waals surface area contributed by atoms with Crippen LogP contribution in [0.2, 0.25) is 5.02 Å². The van der Waals surface area contributed by atoms with E-state index in [0.29, 0.717) is 4.77 Å². The molecule has 30 heavy (non-hydrogen) atoms. The summed E-state index contributed by atoms with van der Waals surface area (Å²) in [6.45, 7) is 1.99. The molecule has 3 aromatic carbocycles. The summed E-state index contributed by atoms with van der Waals surface area (Å²) in [5, 5.41) is 0.733. The van der Waals surface area contributed by atoms with Gasteiger partial charge in [-0.1, -0.05) is 78.3 Å². The predicted molar refractivity (Wildman–Crippen MR) is 126 cm³/mol. The average Bonchev–Trinajstić information content (AvgIpc) is 3.23. The number of benzene rings is 3. The number of hydrogen-bond donors (Lipinski definition) is 1. The SMILES string of the molecule is Cc1ccc(-c2cnc(=S)n3cc(-c4ccc(-c5ccccc5)cc4)[nH]c23)cc1Cl. The number of aryl methyl sites for hydroxylation is 1. The highest BCUT2D eigenvalue weighted by atomic mass is 35.5. The van der Waals surface area contributed by atoms with Crippen LogP contribution in [0.3, 0.4) is 0 Å². The Balaban J connectivity index is 1.60. The van der Waals surface area contributed by atoms with Crippen molar-refractivity contribution in [3.8, 4) is 33.5 Å². The van der Waals surface area contributed by atoms with Gasteiger partial charge in [-0.2, -0.15) is 0 Å². The molecule has 1 N–H and O–H groups in total. The van der Waals surface area contributed by atoms with Crippen LogP contribution in [0.25, 0.3) is 39.2 Å². The number of imidazole rings is 1. The molecule has 0 saturated carbocycles. The number of aromatic nitrogens is 3. The summed E-state index contributed by atoms with van der Waals surface area (Å²) >= 11 is 11.8. The summed E-state index contributed by atoms with van der Waals surface area (Å²) in [5.74, 6) is 0. The number of nitrogens with zero attached hydrogens (tertiary/aromatic N) is 2. The van der Waals surface area contributed by atoms with Crippen molar-refractivity contribution in [2.75, 3.05) is 0 Å². The van der Waals surface area contributed by atoms with Gasteiger partial charge in [0.1, 0.15) is 5.65 Å². The minimum Gasteiger partial charge on any atom is -0.339 e. The molecule has 0 aliphatic carbocycles. The van der Waals surface area contributed by atoms with Crippen LogP contribution in [0.1, 0.15) is 5.56 Å². The minimum absolute atomic E-state index is 0.510. The van der Waals surface area contributed by atoms with Gasteiger partial charge in [0.15, 0.2) is 0 Å². The van der Waals surface area contributed by atoms with E-state index in [1.807, 2.05) is 35.7 Å². The second-order valence-corrected chi connectivity index (χ2v) is 8.02. The molecule has 3 nitrogen and oxygen atoms in total. The fourth-order valence-corrected chi connectivity index (χ4v) is 3.97. The molecule has 2 aromatic heterocycles. The maximum absolute atomic E-state index is 6.35. The molecular weight excluding hydrogens is 410 g/mol. The third kappa shape index (κ3) is 3.34. The first-order valence-corrected chi connectivity index (χ1v) is 10.4. The zero-order chi connectivity index (χ0) is 20.7. The number of H-pyrrole nitrogens is 1. The molecule has 0 unspecified atom stereocenters. The van der Waals surface area contributed by atoms with Crippen molar-refractivity contribution in [2.24, 2.45) is 0 Å². The van der Waals surface area contributed by atoms with Gasteiger partial charge >= 0.3 is 0 Å². The second kappa shape index (κ2) is 7.56. The van der Waals surface area contributed by atoms with E-state index < -0.39 is 0 Å². The van der Waals surface area contributed by atoms with Crippen LogP contribution < -0.4 is 0 Å². The Morgan fingerprint density at radius 2 is 1.53 bits per heavy atom. The highest BCUT2D eigenvalue weighted by Crippen LogP contribution is 2.30. The lowest BCUT2D eigenvalue weighted by Gasteiger charge is -2.06. The first-order valence-electron chi connectivity index (χ1n) is 9.63. The molecule has 5 rings (SSSR count). The van der Waals surface area contributed by atoms with Gasteiger partial charge in [0.2, 0.25) is 4.77 Å². The second-order valence-electron chi connectivity index (χ2n) is 7.25. The van der Waals surface area contributed by atoms with Gasteiger partial charge in [0, 0.05) is 23.0 Å². The number of fused-ring (bicyclic) bond motifs is 1. The molecule has 0 amide bonds. The van der Waals surface area contributed by atoms with E-state index in [1.54, 1.807) is 6.20 Å². The summed E-state index contributed by atoms with van der Waals surface area (Å²) in [6.07, 6.45) is 3.80. The summed E-state index contributed by atoms with van der Waals surface area (Å²) in [6, 6.07) is 24.9. The molecule has 146 valence electrons. The summed E-state index contributed by atoms with van der Waals surface area (Å²) in [7, 11) is 0. The molecule has 5 heteroatoms. The van der Waals surface area contributed by atoms with Crippen LogP contribution in [0, 0.1) is 11.7 Å². The lowest BCUT2D eigenvalue weighted by Crippen LogP contribution is -1.93. The van der Waals surface area contributed by atoms with E-state index in [1.165, 1.54) is 11.1 Å². The number of hydrogen-bond acceptors (Lipinski definition) is 2. The first kappa shape index (κ1) is 18.8. The molecule has 0 spiro atoms. The van der Waals surface area contributed by atoms with Gasteiger partial charge in [-0.05, 0) is 53.0 Å². The highest BCUT2D eigenvalue weighted by molar-refractivity contribution is 7.71. The molecule has 0 radical (unpaired) electrons. The summed E-state index contributed by atoms with van der Waals surface area (Å²) < 4.78 is 2.43. The number of nitrogens with one attached hydrogen (secondary N) is 1. The standard InChI is InChI=1S/C25H18ClN3S/c1-16-7-8-20(13-22(16)26)21-14-27-25(30)29-15-23(28-24(21)29)19-11-9-18(10-12-19)17-5-3-2-4-6-17/h2-15,28H,1H3. The molecule has 2 heterocycles. The van der Waals surface area contributed by atoms with Gasteiger partial charge in [-0.15, -0.1) is 0 Å². The largest absolute Gasteiger partial charge is 0.339 e. The Kier molecular flexibility index (Phi) is 4.74. The van der Waals surface area contributed by atoms with Gasteiger partial charge < -0.3 is 4.98 Å². The van der Waals surface area contributed by atoms with Crippen LogP contribution in [-0.2, 0) is 0 Å². The Morgan fingerprint density at radius 1 is 0.867 bits per heavy atom. The van der Waals surface area contributed by atoms with E-state index in [-0.39, 0.29) is 0 Å². The van der Waals surface area contributed by atoms with E-state index in [4.69, 9.17) is 23.8 Å². The topological polar surface area (TPSA) is 33.1 Å². The van der Waals surface area contributed by atoms with Gasteiger partial charge in [0.25, 0.3) is 0 Å². The summed E-state index contributed by atoms with van der Waals surface area (Å²) in [4.78, 5) is 7.94. The quantitative estimate of drug-likeness (QED) is 0.305. The van der Waals surface area contributed by atoms with Crippen LogP contribution in [0.15, 0.2) is 85.2 Å². The van der Waals surface area contributed by atoms with E-state index in [0.717, 1.165) is 38.6 Å². The van der Waals surface area contributed by atoms with Crippen molar-refractivity contribution >= 4 is 29.5 Å². The molecular formula is C25H18ClN3S.